The molecule has 0 saturated carbocycles. The van der Waals surface area contributed by atoms with E-state index in [4.69, 9.17) is 10.3 Å². The summed E-state index contributed by atoms with van der Waals surface area (Å²) in [5.74, 6) is 0.352. The number of carbonyl (C=O) groups excluding carboxylic acids is 1. The number of nitrogens with two attached hydrogens (primary N) is 1. The number of amides is 1. The highest BCUT2D eigenvalue weighted by atomic mass is 32.2. The van der Waals surface area contributed by atoms with E-state index in [-0.39, 0.29) is 17.3 Å². The molecule has 0 aliphatic carbocycles. The molecule has 11 heteroatoms. The minimum absolute atomic E-state index is 0.00270. The Hall–Kier alpha value is -2.34. The summed E-state index contributed by atoms with van der Waals surface area (Å²) in [5, 5.41) is 3.80. The number of hydrogen-bond donors (Lipinski definition) is 2. The molecular formula is C17H24N6O4S. The molecule has 152 valence electrons. The van der Waals surface area contributed by atoms with Crippen molar-refractivity contribution in [1.82, 2.24) is 24.7 Å². The first kappa shape index (κ1) is 20.4. The topological polar surface area (TPSA) is 135 Å². The maximum atomic E-state index is 12.8. The maximum Gasteiger partial charge on any atom is 0.242 e. The fourth-order valence-corrected chi connectivity index (χ4v) is 4.17. The second-order valence-corrected chi connectivity index (χ2v) is 8.42. The van der Waals surface area contributed by atoms with Crippen LogP contribution in [0.4, 0.5) is 0 Å². The average molecular weight is 408 g/mol. The molecule has 1 atom stereocenters. The van der Waals surface area contributed by atoms with E-state index in [1.165, 1.54) is 12.1 Å². The molecule has 1 amide bonds. The molecule has 3 N–H and O–H groups in total. The predicted octanol–water partition coefficient (Wildman–Crippen LogP) is -0.575. The summed E-state index contributed by atoms with van der Waals surface area (Å²) in [6.07, 6.45) is 0. The SMILES string of the molecule is Cc1nc(-c2cccc(S(=O)(=O)N[C@@H](CN)C(=O)N3CCN(C)CC3)c2)no1. The summed E-state index contributed by atoms with van der Waals surface area (Å²) in [6, 6.07) is 5.10. The van der Waals surface area contributed by atoms with Crippen LogP contribution in [-0.2, 0) is 14.8 Å². The molecule has 0 spiro atoms. The van der Waals surface area contributed by atoms with Gasteiger partial charge in [0.05, 0.1) is 4.90 Å². The van der Waals surface area contributed by atoms with Crippen LogP contribution in [0.1, 0.15) is 5.89 Å². The lowest BCUT2D eigenvalue weighted by Gasteiger charge is -2.34. The van der Waals surface area contributed by atoms with Crippen molar-refractivity contribution in [2.24, 2.45) is 5.73 Å². The van der Waals surface area contributed by atoms with Gasteiger partial charge in [0.25, 0.3) is 0 Å². The van der Waals surface area contributed by atoms with E-state index in [2.05, 4.69) is 19.8 Å². The van der Waals surface area contributed by atoms with Gasteiger partial charge in [-0.15, -0.1) is 0 Å². The van der Waals surface area contributed by atoms with Gasteiger partial charge in [-0.05, 0) is 19.2 Å². The second kappa shape index (κ2) is 8.35. The van der Waals surface area contributed by atoms with Gasteiger partial charge in [0.1, 0.15) is 6.04 Å². The van der Waals surface area contributed by atoms with Crippen molar-refractivity contribution in [2.45, 2.75) is 17.9 Å². The third kappa shape index (κ3) is 4.55. The van der Waals surface area contributed by atoms with Crippen molar-refractivity contribution in [3.05, 3.63) is 30.2 Å². The first-order chi connectivity index (χ1) is 13.3. The highest BCUT2D eigenvalue weighted by Gasteiger charge is 2.30. The standard InChI is InChI=1S/C17H24N6O4S/c1-12-19-16(20-27-12)13-4-3-5-14(10-13)28(25,26)21-15(11-18)17(24)23-8-6-22(2)7-9-23/h3-5,10,15,21H,6-9,11,18H2,1-2H3/t15-/m0/s1. The molecule has 0 bridgehead atoms. The van der Waals surface area contributed by atoms with Crippen molar-refractivity contribution in [1.29, 1.82) is 0 Å². The quantitative estimate of drug-likeness (QED) is 0.648. The smallest absolute Gasteiger partial charge is 0.242 e. The van der Waals surface area contributed by atoms with E-state index in [0.717, 1.165) is 13.1 Å². The minimum Gasteiger partial charge on any atom is -0.339 e. The number of aromatic nitrogens is 2. The lowest BCUT2D eigenvalue weighted by Crippen LogP contribution is -2.56. The van der Waals surface area contributed by atoms with E-state index < -0.39 is 16.1 Å². The van der Waals surface area contributed by atoms with E-state index in [0.29, 0.717) is 30.4 Å². The second-order valence-electron chi connectivity index (χ2n) is 6.70. The van der Waals surface area contributed by atoms with Gasteiger partial charge < -0.3 is 20.1 Å². The summed E-state index contributed by atoms with van der Waals surface area (Å²) in [5.41, 5.74) is 6.19. The number of nitrogens with zero attached hydrogens (tertiary/aromatic N) is 4. The van der Waals surface area contributed by atoms with Crippen molar-refractivity contribution in [3.8, 4) is 11.4 Å². The lowest BCUT2D eigenvalue weighted by atomic mass is 10.2. The monoisotopic (exact) mass is 408 g/mol. The Bertz CT molecular complexity index is 937. The Balaban J connectivity index is 1.77. The van der Waals surface area contributed by atoms with Gasteiger partial charge in [0.15, 0.2) is 0 Å². The highest BCUT2D eigenvalue weighted by molar-refractivity contribution is 7.89. The van der Waals surface area contributed by atoms with Gasteiger partial charge in [-0.25, -0.2) is 8.42 Å². The van der Waals surface area contributed by atoms with Crippen LogP contribution in [0.25, 0.3) is 11.4 Å². The molecule has 1 fully saturated rings. The van der Waals surface area contributed by atoms with Crippen LogP contribution in [0.3, 0.4) is 0 Å². The van der Waals surface area contributed by atoms with Crippen molar-refractivity contribution >= 4 is 15.9 Å². The van der Waals surface area contributed by atoms with Crippen LogP contribution in [0, 0.1) is 6.92 Å². The Labute approximate surface area is 163 Å². The molecule has 3 rings (SSSR count). The van der Waals surface area contributed by atoms with Gasteiger partial charge in [-0.1, -0.05) is 17.3 Å². The van der Waals surface area contributed by atoms with Crippen molar-refractivity contribution in [3.63, 3.8) is 0 Å². The molecule has 2 aromatic rings. The summed E-state index contributed by atoms with van der Waals surface area (Å²) in [6.45, 7) is 4.08. The molecule has 1 aliphatic heterocycles. The summed E-state index contributed by atoms with van der Waals surface area (Å²) >= 11 is 0. The Morgan fingerprint density at radius 3 is 2.64 bits per heavy atom. The van der Waals surface area contributed by atoms with Gasteiger partial charge in [-0.2, -0.15) is 9.71 Å². The average Bonchev–Trinajstić information content (AvgIpc) is 3.13. The first-order valence-electron chi connectivity index (χ1n) is 8.90. The van der Waals surface area contributed by atoms with Crippen LogP contribution in [0.15, 0.2) is 33.7 Å². The normalized spacial score (nSPS) is 16.9. The lowest BCUT2D eigenvalue weighted by molar-refractivity contribution is -0.134. The zero-order chi connectivity index (χ0) is 20.3. The number of rotatable bonds is 6. The molecule has 1 saturated heterocycles. The number of sulfonamides is 1. The molecule has 28 heavy (non-hydrogen) atoms. The highest BCUT2D eigenvalue weighted by Crippen LogP contribution is 2.20. The molecule has 10 nitrogen and oxygen atoms in total. The van der Waals surface area contributed by atoms with E-state index in [1.807, 2.05) is 7.05 Å². The van der Waals surface area contributed by atoms with Crippen LogP contribution in [-0.4, -0.2) is 80.1 Å². The molecule has 1 aliphatic rings. The largest absolute Gasteiger partial charge is 0.339 e. The van der Waals surface area contributed by atoms with Crippen molar-refractivity contribution in [2.75, 3.05) is 39.8 Å². The number of carbonyl (C=O) groups is 1. The fourth-order valence-electron chi connectivity index (χ4n) is 2.92. The molecule has 0 unspecified atom stereocenters. The Kier molecular flexibility index (Phi) is 6.08. The van der Waals surface area contributed by atoms with Crippen LogP contribution >= 0.6 is 0 Å². The molecular weight excluding hydrogens is 384 g/mol. The van der Waals surface area contributed by atoms with Gasteiger partial charge >= 0.3 is 0 Å². The third-order valence-electron chi connectivity index (χ3n) is 4.58. The summed E-state index contributed by atoms with van der Waals surface area (Å²) in [4.78, 5) is 20.5. The van der Waals surface area contributed by atoms with E-state index >= 15 is 0 Å². The molecule has 1 aromatic carbocycles. The summed E-state index contributed by atoms with van der Waals surface area (Å²) < 4.78 is 33.0. The van der Waals surface area contributed by atoms with Gasteiger partial charge in [0.2, 0.25) is 27.6 Å². The Morgan fingerprint density at radius 2 is 2.04 bits per heavy atom. The number of nitrogens with one attached hydrogen (secondary N) is 1. The zero-order valence-corrected chi connectivity index (χ0v) is 16.6. The predicted molar refractivity (Wildman–Crippen MR) is 102 cm³/mol. The molecule has 2 heterocycles. The number of piperazine rings is 1. The third-order valence-corrected chi connectivity index (χ3v) is 6.05. The van der Waals surface area contributed by atoms with Crippen molar-refractivity contribution < 1.29 is 17.7 Å². The van der Waals surface area contributed by atoms with Gasteiger partial charge in [-0.3, -0.25) is 4.79 Å². The number of hydrogen-bond acceptors (Lipinski definition) is 8. The number of likely N-dealkylation sites (N-methyl/N-ethyl adjacent to an activating group) is 1. The summed E-state index contributed by atoms with van der Waals surface area (Å²) in [7, 11) is -1.99. The number of aryl methyl sites for hydroxylation is 1. The van der Waals surface area contributed by atoms with Crippen LogP contribution in [0.2, 0.25) is 0 Å². The Morgan fingerprint density at radius 1 is 1.32 bits per heavy atom. The van der Waals surface area contributed by atoms with Crippen LogP contribution in [0.5, 0.6) is 0 Å². The van der Waals surface area contributed by atoms with E-state index in [9.17, 15) is 13.2 Å². The van der Waals surface area contributed by atoms with Crippen LogP contribution < -0.4 is 10.5 Å². The molecule has 1 aromatic heterocycles. The van der Waals surface area contributed by atoms with E-state index in [1.54, 1.807) is 24.0 Å². The fraction of sp³-hybridized carbons (Fsp3) is 0.471. The first-order valence-corrected chi connectivity index (χ1v) is 10.4. The van der Waals surface area contributed by atoms with Gasteiger partial charge in [0, 0.05) is 45.2 Å². The minimum atomic E-state index is -3.96. The zero-order valence-electron chi connectivity index (χ0n) is 15.8. The molecule has 0 radical (unpaired) electrons. The maximum absolute atomic E-state index is 12.8. The number of benzene rings is 1.